The highest BCUT2D eigenvalue weighted by atomic mass is 16.5. The van der Waals surface area contributed by atoms with Gasteiger partial charge in [0.05, 0.1) is 23.6 Å². The molecule has 2 aromatic heterocycles. The number of amides is 1. The van der Waals surface area contributed by atoms with Crippen LogP contribution in [0.5, 0.6) is 0 Å². The summed E-state index contributed by atoms with van der Waals surface area (Å²) in [5.74, 6) is 0.609. The van der Waals surface area contributed by atoms with Crippen molar-refractivity contribution in [3.8, 4) is 22.6 Å². The number of nitrogens with zero attached hydrogens (tertiary/aromatic N) is 2. The van der Waals surface area contributed by atoms with Gasteiger partial charge in [0.15, 0.2) is 0 Å². The van der Waals surface area contributed by atoms with Crippen LogP contribution in [0.1, 0.15) is 24.2 Å². The fourth-order valence-electron chi connectivity index (χ4n) is 3.19. The Kier molecular flexibility index (Phi) is 4.98. The van der Waals surface area contributed by atoms with Crippen molar-refractivity contribution in [1.82, 2.24) is 20.3 Å². The fourth-order valence-corrected chi connectivity index (χ4v) is 3.19. The Hall–Kier alpha value is -2.99. The lowest BCUT2D eigenvalue weighted by Gasteiger charge is -2.08. The predicted molar refractivity (Wildman–Crippen MR) is 103 cm³/mol. The second-order valence-corrected chi connectivity index (χ2v) is 6.71. The summed E-state index contributed by atoms with van der Waals surface area (Å²) in [6, 6.07) is 14.0. The Morgan fingerprint density at radius 2 is 2.11 bits per heavy atom. The van der Waals surface area contributed by atoms with Crippen molar-refractivity contribution >= 4 is 5.91 Å². The maximum atomic E-state index is 12.2. The smallest absolute Gasteiger partial charge is 0.249 e. The average molecular weight is 362 g/mol. The summed E-state index contributed by atoms with van der Waals surface area (Å²) in [6.45, 7) is 3.03. The van der Waals surface area contributed by atoms with E-state index in [1.54, 1.807) is 6.20 Å². The number of pyridine rings is 1. The molecule has 1 atom stereocenters. The molecule has 6 nitrogen and oxygen atoms in total. The molecule has 3 heterocycles. The highest BCUT2D eigenvalue weighted by Gasteiger charge is 2.23. The zero-order valence-corrected chi connectivity index (χ0v) is 15.2. The SMILES string of the molecule is Cc1ccc(-c2nc(CNC(=O)[C@H]3CCCO3)[nH]c2-c2ccccn2)cc1. The molecule has 0 spiro atoms. The topological polar surface area (TPSA) is 79.9 Å². The van der Waals surface area contributed by atoms with Crippen LogP contribution in [0.2, 0.25) is 0 Å². The van der Waals surface area contributed by atoms with Crippen LogP contribution in [0.25, 0.3) is 22.6 Å². The Morgan fingerprint density at radius 1 is 1.26 bits per heavy atom. The largest absolute Gasteiger partial charge is 0.368 e. The van der Waals surface area contributed by atoms with E-state index in [2.05, 4.69) is 34.3 Å². The van der Waals surface area contributed by atoms with Crippen LogP contribution in [0.4, 0.5) is 0 Å². The van der Waals surface area contributed by atoms with Crippen LogP contribution >= 0.6 is 0 Å². The van der Waals surface area contributed by atoms with Crippen molar-refractivity contribution in [1.29, 1.82) is 0 Å². The minimum Gasteiger partial charge on any atom is -0.368 e. The van der Waals surface area contributed by atoms with Gasteiger partial charge in [-0.1, -0.05) is 35.9 Å². The van der Waals surface area contributed by atoms with Crippen molar-refractivity contribution in [3.63, 3.8) is 0 Å². The number of aromatic amines is 1. The van der Waals surface area contributed by atoms with Crippen LogP contribution < -0.4 is 5.32 Å². The number of aryl methyl sites for hydroxylation is 1. The van der Waals surface area contributed by atoms with Gasteiger partial charge in [0.1, 0.15) is 11.9 Å². The first-order valence-corrected chi connectivity index (χ1v) is 9.17. The molecule has 0 bridgehead atoms. The molecule has 1 saturated heterocycles. The van der Waals surface area contributed by atoms with Gasteiger partial charge in [-0.2, -0.15) is 0 Å². The minimum absolute atomic E-state index is 0.0832. The molecule has 1 aromatic carbocycles. The van der Waals surface area contributed by atoms with Gasteiger partial charge >= 0.3 is 0 Å². The summed E-state index contributed by atoms with van der Waals surface area (Å²) in [5, 5.41) is 2.92. The summed E-state index contributed by atoms with van der Waals surface area (Å²) >= 11 is 0. The van der Waals surface area contributed by atoms with Gasteiger partial charge in [-0.25, -0.2) is 4.98 Å². The number of ether oxygens (including phenoxy) is 1. The highest BCUT2D eigenvalue weighted by Crippen LogP contribution is 2.29. The monoisotopic (exact) mass is 362 g/mol. The molecule has 1 aliphatic rings. The lowest BCUT2D eigenvalue weighted by Crippen LogP contribution is -2.33. The zero-order valence-electron chi connectivity index (χ0n) is 15.2. The summed E-state index contributed by atoms with van der Waals surface area (Å²) in [6.07, 6.45) is 3.12. The van der Waals surface area contributed by atoms with Crippen molar-refractivity contribution in [3.05, 3.63) is 60.0 Å². The van der Waals surface area contributed by atoms with Crippen LogP contribution in [-0.2, 0) is 16.1 Å². The van der Waals surface area contributed by atoms with Crippen LogP contribution in [0, 0.1) is 6.92 Å². The average Bonchev–Trinajstić information content (AvgIpc) is 3.38. The number of nitrogens with one attached hydrogen (secondary N) is 2. The summed E-state index contributed by atoms with van der Waals surface area (Å²) in [4.78, 5) is 24.7. The molecule has 0 radical (unpaired) electrons. The number of hydrogen-bond acceptors (Lipinski definition) is 4. The van der Waals surface area contributed by atoms with Gasteiger partial charge in [-0.05, 0) is 31.9 Å². The van der Waals surface area contributed by atoms with Gasteiger partial charge in [0.2, 0.25) is 5.91 Å². The Labute approximate surface area is 158 Å². The van der Waals surface area contributed by atoms with Gasteiger partial charge in [0, 0.05) is 18.4 Å². The molecule has 27 heavy (non-hydrogen) atoms. The van der Waals surface area contributed by atoms with Gasteiger partial charge in [-0.15, -0.1) is 0 Å². The van der Waals surface area contributed by atoms with E-state index in [-0.39, 0.29) is 12.0 Å². The second kappa shape index (κ2) is 7.72. The Morgan fingerprint density at radius 3 is 2.81 bits per heavy atom. The molecule has 3 aromatic rings. The lowest BCUT2D eigenvalue weighted by atomic mass is 10.1. The highest BCUT2D eigenvalue weighted by molar-refractivity contribution is 5.81. The van der Waals surface area contributed by atoms with E-state index < -0.39 is 0 Å². The van der Waals surface area contributed by atoms with Crippen LogP contribution in [-0.4, -0.2) is 33.6 Å². The fraction of sp³-hybridized carbons (Fsp3) is 0.286. The van der Waals surface area contributed by atoms with Gasteiger partial charge < -0.3 is 15.0 Å². The molecule has 1 fully saturated rings. The summed E-state index contributed by atoms with van der Waals surface area (Å²) < 4.78 is 5.43. The second-order valence-electron chi connectivity index (χ2n) is 6.71. The van der Waals surface area contributed by atoms with E-state index in [1.807, 2.05) is 30.3 Å². The van der Waals surface area contributed by atoms with Crippen molar-refractivity contribution < 1.29 is 9.53 Å². The molecule has 138 valence electrons. The number of rotatable bonds is 5. The van der Waals surface area contributed by atoms with Gasteiger partial charge in [0.25, 0.3) is 0 Å². The maximum Gasteiger partial charge on any atom is 0.249 e. The minimum atomic E-state index is -0.341. The standard InChI is InChI=1S/C21H22N4O2/c1-14-7-9-15(10-8-14)19-20(16-5-2-3-11-22-16)25-18(24-19)13-23-21(26)17-6-4-12-27-17/h2-3,5,7-11,17H,4,6,12-13H2,1H3,(H,23,26)(H,24,25)/t17-/m1/s1. The molecule has 0 aliphatic carbocycles. The molecule has 0 saturated carbocycles. The van der Waals surface area contributed by atoms with Crippen molar-refractivity contribution in [2.45, 2.75) is 32.4 Å². The third-order valence-corrected chi connectivity index (χ3v) is 4.65. The molecule has 0 unspecified atom stereocenters. The lowest BCUT2D eigenvalue weighted by molar-refractivity contribution is -0.130. The zero-order chi connectivity index (χ0) is 18.6. The van der Waals surface area contributed by atoms with Crippen molar-refractivity contribution in [2.24, 2.45) is 0 Å². The van der Waals surface area contributed by atoms with E-state index in [4.69, 9.17) is 9.72 Å². The van der Waals surface area contributed by atoms with E-state index in [0.29, 0.717) is 19.0 Å². The molecular formula is C21H22N4O2. The van der Waals surface area contributed by atoms with E-state index >= 15 is 0 Å². The van der Waals surface area contributed by atoms with E-state index in [9.17, 15) is 4.79 Å². The maximum absolute atomic E-state index is 12.2. The molecular weight excluding hydrogens is 340 g/mol. The van der Waals surface area contributed by atoms with Gasteiger partial charge in [-0.3, -0.25) is 9.78 Å². The first-order valence-electron chi connectivity index (χ1n) is 9.17. The number of carbonyl (C=O) groups is 1. The normalized spacial score (nSPS) is 16.4. The number of imidazole rings is 1. The van der Waals surface area contributed by atoms with Crippen LogP contribution in [0.15, 0.2) is 48.7 Å². The molecule has 1 aliphatic heterocycles. The summed E-state index contributed by atoms with van der Waals surface area (Å²) in [5.41, 5.74) is 4.69. The molecule has 2 N–H and O–H groups in total. The number of carbonyl (C=O) groups excluding carboxylic acids is 1. The first-order chi connectivity index (χ1) is 13.2. The Bertz CT molecular complexity index is 913. The Balaban J connectivity index is 1.61. The molecule has 1 amide bonds. The molecule has 4 rings (SSSR count). The molecule has 6 heteroatoms. The van der Waals surface area contributed by atoms with Crippen LogP contribution in [0.3, 0.4) is 0 Å². The summed E-state index contributed by atoms with van der Waals surface area (Å²) in [7, 11) is 0. The van der Waals surface area contributed by atoms with E-state index in [1.165, 1.54) is 5.56 Å². The third kappa shape index (κ3) is 3.90. The number of benzene rings is 1. The quantitative estimate of drug-likeness (QED) is 0.730. The first kappa shape index (κ1) is 17.4. The number of aromatic nitrogens is 3. The predicted octanol–water partition coefficient (Wildman–Crippen LogP) is 3.24. The third-order valence-electron chi connectivity index (χ3n) is 4.65. The number of hydrogen-bond donors (Lipinski definition) is 2. The van der Waals surface area contributed by atoms with E-state index in [0.717, 1.165) is 35.5 Å². The van der Waals surface area contributed by atoms with Crippen molar-refractivity contribution in [2.75, 3.05) is 6.61 Å². The number of H-pyrrole nitrogens is 1.